The van der Waals surface area contributed by atoms with Gasteiger partial charge < -0.3 is 14.8 Å². The molecule has 0 aromatic carbocycles. The van der Waals surface area contributed by atoms with E-state index in [0.29, 0.717) is 0 Å². The summed E-state index contributed by atoms with van der Waals surface area (Å²) in [5.74, 6) is -0.522. The molecule has 4 atom stereocenters. The van der Waals surface area contributed by atoms with Crippen LogP contribution in [0.25, 0.3) is 0 Å². The maximum absolute atomic E-state index is 11.4. The highest BCUT2D eigenvalue weighted by atomic mass is 32.2. The van der Waals surface area contributed by atoms with E-state index < -0.39 is 50.7 Å². The Hall–Kier alpha value is -0.790. The van der Waals surface area contributed by atoms with Gasteiger partial charge in [-0.15, -0.1) is 0 Å². The zero-order valence-electron chi connectivity index (χ0n) is 12.5. The van der Waals surface area contributed by atoms with Crippen LogP contribution in [0.3, 0.4) is 0 Å². The second-order valence-corrected chi connectivity index (χ2v) is 7.97. The number of nitrogens with one attached hydrogen (secondary N) is 1. The Morgan fingerprint density at radius 2 is 1.68 bits per heavy atom. The van der Waals surface area contributed by atoms with Crippen LogP contribution in [0.4, 0.5) is 0 Å². The summed E-state index contributed by atoms with van der Waals surface area (Å²) in [6.45, 7) is 0.951. The molecule has 1 rings (SSSR count). The summed E-state index contributed by atoms with van der Waals surface area (Å²) in [5.41, 5.74) is 0. The molecule has 12 heteroatoms. The smallest absolute Gasteiger partial charge is 0.264 e. The van der Waals surface area contributed by atoms with Crippen LogP contribution in [0.2, 0.25) is 0 Å². The van der Waals surface area contributed by atoms with Gasteiger partial charge in [0.25, 0.3) is 20.2 Å². The van der Waals surface area contributed by atoms with Gasteiger partial charge in [-0.2, -0.15) is 16.8 Å². The van der Waals surface area contributed by atoms with Crippen LogP contribution in [-0.2, 0) is 42.9 Å². The van der Waals surface area contributed by atoms with Crippen molar-refractivity contribution in [1.29, 1.82) is 0 Å². The molecule has 1 heterocycles. The van der Waals surface area contributed by atoms with E-state index in [2.05, 4.69) is 5.32 Å². The summed E-state index contributed by atoms with van der Waals surface area (Å²) in [5, 5.41) is 2.41. The number of rotatable bonds is 6. The van der Waals surface area contributed by atoms with Gasteiger partial charge in [-0.25, -0.2) is 0 Å². The van der Waals surface area contributed by atoms with Crippen LogP contribution in [0, 0.1) is 0 Å². The number of hydrogen-bond donors (Lipinski definition) is 1. The lowest BCUT2D eigenvalue weighted by molar-refractivity contribution is -0.223. The average molecular weight is 361 g/mol. The van der Waals surface area contributed by atoms with E-state index in [-0.39, 0.29) is 6.61 Å². The molecule has 0 radical (unpaired) electrons. The van der Waals surface area contributed by atoms with Gasteiger partial charge >= 0.3 is 0 Å². The normalized spacial score (nSPS) is 30.0. The molecular weight excluding hydrogens is 342 g/mol. The van der Waals surface area contributed by atoms with Crippen molar-refractivity contribution in [3.05, 3.63) is 0 Å². The minimum atomic E-state index is -3.92. The third kappa shape index (κ3) is 6.14. The largest absolute Gasteiger partial charge is 0.353 e. The lowest BCUT2D eigenvalue weighted by Gasteiger charge is -2.40. The van der Waals surface area contributed by atoms with Crippen molar-refractivity contribution in [2.24, 2.45) is 0 Å². The monoisotopic (exact) mass is 361 g/mol. The Morgan fingerprint density at radius 3 is 2.09 bits per heavy atom. The topological polar surface area (TPSA) is 134 Å². The molecule has 0 unspecified atom stereocenters. The number of amides is 1. The summed E-state index contributed by atoms with van der Waals surface area (Å²) in [7, 11) is -6.52. The lowest BCUT2D eigenvalue weighted by atomic mass is 10.0. The lowest BCUT2D eigenvalue weighted by Crippen LogP contribution is -2.62. The third-order valence-electron chi connectivity index (χ3n) is 2.63. The Bertz CT molecular complexity index is 600. The fraction of sp³-hybridized carbons (Fsp3) is 0.900. The van der Waals surface area contributed by atoms with E-state index in [1.54, 1.807) is 0 Å². The molecule has 1 amide bonds. The van der Waals surface area contributed by atoms with E-state index in [4.69, 9.17) is 17.8 Å². The Balaban J connectivity index is 3.13. The van der Waals surface area contributed by atoms with Gasteiger partial charge in [0.1, 0.15) is 6.10 Å². The average Bonchev–Trinajstić information content (AvgIpc) is 2.29. The fourth-order valence-corrected chi connectivity index (χ4v) is 3.24. The maximum atomic E-state index is 11.4. The van der Waals surface area contributed by atoms with Gasteiger partial charge in [0.15, 0.2) is 12.4 Å². The van der Waals surface area contributed by atoms with Gasteiger partial charge in [-0.3, -0.25) is 13.2 Å². The number of carbonyl (C=O) groups is 1. The molecule has 1 aliphatic rings. The van der Waals surface area contributed by atoms with E-state index in [0.717, 1.165) is 12.5 Å². The molecule has 0 aromatic heterocycles. The second kappa shape index (κ2) is 7.19. The van der Waals surface area contributed by atoms with E-state index in [9.17, 15) is 21.6 Å². The van der Waals surface area contributed by atoms with E-state index in [1.165, 1.54) is 14.0 Å². The first-order valence-electron chi connectivity index (χ1n) is 6.11. The van der Waals surface area contributed by atoms with E-state index in [1.807, 2.05) is 0 Å². The standard InChI is InChI=1S/C10H19NO9S2/c1-6(12)11-8-7(19-21(3,13)14)5-18-10(17-2)9(8)20-22(4,15)16/h7-10H,5H2,1-4H3,(H,11,12)/t7-,8-,9-,10+/m1/s1. The number of hydrogen-bond acceptors (Lipinski definition) is 9. The highest BCUT2D eigenvalue weighted by Crippen LogP contribution is 2.23. The fourth-order valence-electron chi connectivity index (χ4n) is 2.00. The van der Waals surface area contributed by atoms with E-state index >= 15 is 0 Å². The first-order valence-corrected chi connectivity index (χ1v) is 9.74. The summed E-state index contributed by atoms with van der Waals surface area (Å²) >= 11 is 0. The molecule has 10 nitrogen and oxygen atoms in total. The molecule has 1 saturated heterocycles. The molecule has 0 aliphatic carbocycles. The van der Waals surface area contributed by atoms with Gasteiger partial charge in [0, 0.05) is 14.0 Å². The summed E-state index contributed by atoms with van der Waals surface area (Å²) in [6.07, 6.45) is -1.94. The van der Waals surface area contributed by atoms with Crippen LogP contribution >= 0.6 is 0 Å². The highest BCUT2D eigenvalue weighted by Gasteiger charge is 2.46. The third-order valence-corrected chi connectivity index (χ3v) is 3.80. The molecule has 130 valence electrons. The Kier molecular flexibility index (Phi) is 6.29. The van der Waals surface area contributed by atoms with Crippen LogP contribution in [-0.4, -0.2) is 73.5 Å². The Labute approximate surface area is 129 Å². The summed E-state index contributed by atoms with van der Waals surface area (Å²) in [4.78, 5) is 11.3. The van der Waals surface area contributed by atoms with Crippen molar-refractivity contribution in [2.75, 3.05) is 26.2 Å². The number of methoxy groups -OCH3 is 1. The van der Waals surface area contributed by atoms with Gasteiger partial charge in [-0.05, 0) is 0 Å². The van der Waals surface area contributed by atoms with Crippen molar-refractivity contribution in [3.63, 3.8) is 0 Å². The zero-order chi connectivity index (χ0) is 17.1. The van der Waals surface area contributed by atoms with Crippen molar-refractivity contribution < 1.29 is 39.5 Å². The molecule has 0 bridgehead atoms. The van der Waals surface area contributed by atoms with Crippen molar-refractivity contribution in [3.8, 4) is 0 Å². The number of ether oxygens (including phenoxy) is 2. The zero-order valence-corrected chi connectivity index (χ0v) is 14.1. The predicted molar refractivity (Wildman–Crippen MR) is 73.8 cm³/mol. The van der Waals surface area contributed by atoms with Crippen molar-refractivity contribution in [1.82, 2.24) is 5.32 Å². The van der Waals surface area contributed by atoms with Gasteiger partial charge in [-0.1, -0.05) is 0 Å². The molecule has 0 aromatic rings. The Morgan fingerprint density at radius 1 is 1.14 bits per heavy atom. The first-order chi connectivity index (χ1) is 9.93. The van der Waals surface area contributed by atoms with Crippen LogP contribution in [0.15, 0.2) is 0 Å². The summed E-state index contributed by atoms with van der Waals surface area (Å²) < 4.78 is 65.2. The molecular formula is C10H19NO9S2. The van der Waals surface area contributed by atoms with Crippen molar-refractivity contribution >= 4 is 26.1 Å². The van der Waals surface area contributed by atoms with Crippen LogP contribution in [0.5, 0.6) is 0 Å². The second-order valence-electron chi connectivity index (χ2n) is 4.77. The molecule has 22 heavy (non-hydrogen) atoms. The number of carbonyl (C=O) groups excluding carboxylic acids is 1. The van der Waals surface area contributed by atoms with Crippen LogP contribution in [0.1, 0.15) is 6.92 Å². The van der Waals surface area contributed by atoms with Gasteiger partial charge in [0.2, 0.25) is 5.91 Å². The summed E-state index contributed by atoms with van der Waals surface area (Å²) in [6, 6.07) is -1.10. The van der Waals surface area contributed by atoms with Crippen molar-refractivity contribution in [2.45, 2.75) is 31.5 Å². The van der Waals surface area contributed by atoms with Crippen LogP contribution < -0.4 is 5.32 Å². The minimum Gasteiger partial charge on any atom is -0.353 e. The first kappa shape index (κ1) is 19.3. The highest BCUT2D eigenvalue weighted by molar-refractivity contribution is 7.86. The minimum absolute atomic E-state index is 0.236. The molecule has 1 N–H and O–H groups in total. The molecule has 1 fully saturated rings. The quantitative estimate of drug-likeness (QED) is 0.543. The molecule has 0 saturated carbocycles. The predicted octanol–water partition coefficient (Wildman–Crippen LogP) is -1.82. The maximum Gasteiger partial charge on any atom is 0.264 e. The SMILES string of the molecule is CO[C@H]1OC[C@@H](OS(C)(=O)=O)[C@@H](NC(C)=O)[C@H]1OS(C)(=O)=O. The van der Waals surface area contributed by atoms with Gasteiger partial charge in [0.05, 0.1) is 25.2 Å². The molecule has 0 spiro atoms. The molecule has 1 aliphatic heterocycles.